The Labute approximate surface area is 109 Å². The molecule has 1 aromatic heterocycles. The van der Waals surface area contributed by atoms with Gasteiger partial charge in [-0.25, -0.2) is 9.97 Å². The fourth-order valence-corrected chi connectivity index (χ4v) is 1.92. The summed E-state index contributed by atoms with van der Waals surface area (Å²) in [4.78, 5) is 10.8. The third kappa shape index (κ3) is 3.33. The minimum atomic E-state index is 0.511. The molecule has 98 valence electrons. The first-order valence-corrected chi connectivity index (χ1v) is 6.48. The van der Waals surface area contributed by atoms with E-state index in [1.165, 1.54) is 0 Å². The SMILES string of the molecule is CCNc1ncnc(N(CC)CCC#N)c1CC. The first-order chi connectivity index (χ1) is 8.78. The Bertz CT molecular complexity index is 410. The smallest absolute Gasteiger partial charge is 0.137 e. The van der Waals surface area contributed by atoms with E-state index in [0.717, 1.165) is 36.7 Å². The van der Waals surface area contributed by atoms with Gasteiger partial charge in [0.05, 0.1) is 12.5 Å². The van der Waals surface area contributed by atoms with Crippen LogP contribution in [0.4, 0.5) is 11.6 Å². The second-order valence-electron chi connectivity index (χ2n) is 3.90. The van der Waals surface area contributed by atoms with Crippen molar-refractivity contribution in [2.75, 3.05) is 29.9 Å². The van der Waals surface area contributed by atoms with Crippen molar-refractivity contribution in [2.24, 2.45) is 0 Å². The van der Waals surface area contributed by atoms with E-state index >= 15 is 0 Å². The van der Waals surface area contributed by atoms with Crippen LogP contribution in [0.3, 0.4) is 0 Å². The molecule has 18 heavy (non-hydrogen) atoms. The number of nitriles is 1. The number of hydrogen-bond acceptors (Lipinski definition) is 5. The average molecular weight is 247 g/mol. The van der Waals surface area contributed by atoms with Gasteiger partial charge >= 0.3 is 0 Å². The summed E-state index contributed by atoms with van der Waals surface area (Å²) >= 11 is 0. The quantitative estimate of drug-likeness (QED) is 0.800. The van der Waals surface area contributed by atoms with Crippen molar-refractivity contribution in [1.29, 1.82) is 5.26 Å². The molecule has 0 bridgehead atoms. The lowest BCUT2D eigenvalue weighted by atomic mass is 10.2. The number of nitrogens with zero attached hydrogens (tertiary/aromatic N) is 4. The van der Waals surface area contributed by atoms with E-state index in [-0.39, 0.29) is 0 Å². The molecular formula is C13H21N5. The van der Waals surface area contributed by atoms with Crippen molar-refractivity contribution >= 4 is 11.6 Å². The van der Waals surface area contributed by atoms with Crippen molar-refractivity contribution in [1.82, 2.24) is 9.97 Å². The summed E-state index contributed by atoms with van der Waals surface area (Å²) in [6.45, 7) is 8.62. The van der Waals surface area contributed by atoms with Crippen LogP contribution in [0.5, 0.6) is 0 Å². The van der Waals surface area contributed by atoms with Gasteiger partial charge in [-0.3, -0.25) is 0 Å². The Balaban J connectivity index is 3.05. The summed E-state index contributed by atoms with van der Waals surface area (Å²) in [5.74, 6) is 1.85. The van der Waals surface area contributed by atoms with Crippen LogP contribution in [-0.2, 0) is 6.42 Å². The molecule has 0 atom stereocenters. The van der Waals surface area contributed by atoms with E-state index in [4.69, 9.17) is 5.26 Å². The van der Waals surface area contributed by atoms with Crippen LogP contribution in [0, 0.1) is 11.3 Å². The molecule has 1 rings (SSSR count). The fourth-order valence-electron chi connectivity index (χ4n) is 1.92. The largest absolute Gasteiger partial charge is 0.370 e. The molecule has 0 radical (unpaired) electrons. The van der Waals surface area contributed by atoms with Crippen LogP contribution in [0.1, 0.15) is 32.8 Å². The Morgan fingerprint density at radius 1 is 1.33 bits per heavy atom. The predicted molar refractivity (Wildman–Crippen MR) is 73.7 cm³/mol. The topological polar surface area (TPSA) is 64.8 Å². The van der Waals surface area contributed by atoms with Gasteiger partial charge in [-0.05, 0) is 20.3 Å². The first-order valence-electron chi connectivity index (χ1n) is 6.48. The number of rotatable bonds is 7. The highest BCUT2D eigenvalue weighted by molar-refractivity contribution is 5.58. The van der Waals surface area contributed by atoms with E-state index in [1.54, 1.807) is 6.33 Å². The van der Waals surface area contributed by atoms with E-state index < -0.39 is 0 Å². The van der Waals surface area contributed by atoms with Gasteiger partial charge in [0.15, 0.2) is 0 Å². The van der Waals surface area contributed by atoms with Crippen molar-refractivity contribution in [3.63, 3.8) is 0 Å². The summed E-state index contributed by atoms with van der Waals surface area (Å²) in [6.07, 6.45) is 2.97. The lowest BCUT2D eigenvalue weighted by molar-refractivity contribution is 0.797. The third-order valence-corrected chi connectivity index (χ3v) is 2.80. The van der Waals surface area contributed by atoms with Gasteiger partial charge in [-0.15, -0.1) is 0 Å². The Morgan fingerprint density at radius 3 is 2.67 bits per heavy atom. The van der Waals surface area contributed by atoms with Gasteiger partial charge < -0.3 is 10.2 Å². The molecule has 0 aliphatic rings. The molecular weight excluding hydrogens is 226 g/mol. The maximum atomic E-state index is 8.70. The van der Waals surface area contributed by atoms with E-state index in [9.17, 15) is 0 Å². The van der Waals surface area contributed by atoms with Crippen LogP contribution < -0.4 is 10.2 Å². The maximum absolute atomic E-state index is 8.70. The molecule has 0 unspecified atom stereocenters. The van der Waals surface area contributed by atoms with Crippen LogP contribution in [-0.4, -0.2) is 29.6 Å². The average Bonchev–Trinajstić information content (AvgIpc) is 2.40. The van der Waals surface area contributed by atoms with Crippen LogP contribution >= 0.6 is 0 Å². The number of anilines is 2. The molecule has 0 saturated heterocycles. The second-order valence-corrected chi connectivity index (χ2v) is 3.90. The summed E-state index contributed by atoms with van der Waals surface area (Å²) in [5.41, 5.74) is 1.12. The Hall–Kier alpha value is -1.83. The monoisotopic (exact) mass is 247 g/mol. The van der Waals surface area contributed by atoms with Crippen molar-refractivity contribution in [3.8, 4) is 6.07 Å². The second kappa shape index (κ2) is 7.49. The molecule has 0 amide bonds. The standard InChI is InChI=1S/C13H21N5/c1-4-11-12(15-5-2)16-10-17-13(11)18(6-3)9-7-8-14/h10H,4-7,9H2,1-3H3,(H,15,16,17). The zero-order valence-electron chi connectivity index (χ0n) is 11.4. The summed E-state index contributed by atoms with van der Waals surface area (Å²) in [6, 6.07) is 2.18. The molecule has 0 spiro atoms. The van der Waals surface area contributed by atoms with E-state index in [2.05, 4.69) is 47.0 Å². The van der Waals surface area contributed by atoms with Gasteiger partial charge in [0.1, 0.15) is 18.0 Å². The predicted octanol–water partition coefficient (Wildman–Crippen LogP) is 2.21. The minimum absolute atomic E-state index is 0.511. The van der Waals surface area contributed by atoms with Gasteiger partial charge in [0, 0.05) is 25.2 Å². The number of aromatic nitrogens is 2. The van der Waals surface area contributed by atoms with Crippen LogP contribution in [0.2, 0.25) is 0 Å². The molecule has 0 aliphatic heterocycles. The highest BCUT2D eigenvalue weighted by Crippen LogP contribution is 2.23. The van der Waals surface area contributed by atoms with E-state index in [0.29, 0.717) is 13.0 Å². The van der Waals surface area contributed by atoms with Gasteiger partial charge in [-0.1, -0.05) is 6.92 Å². The van der Waals surface area contributed by atoms with Gasteiger partial charge in [-0.2, -0.15) is 5.26 Å². The first kappa shape index (κ1) is 14.2. The molecule has 1 aromatic rings. The highest BCUT2D eigenvalue weighted by Gasteiger charge is 2.14. The van der Waals surface area contributed by atoms with Crippen LogP contribution in [0.15, 0.2) is 6.33 Å². The van der Waals surface area contributed by atoms with E-state index in [1.807, 2.05) is 0 Å². The highest BCUT2D eigenvalue weighted by atomic mass is 15.2. The van der Waals surface area contributed by atoms with Crippen molar-refractivity contribution < 1.29 is 0 Å². The zero-order chi connectivity index (χ0) is 13.4. The zero-order valence-corrected chi connectivity index (χ0v) is 11.4. The molecule has 5 heteroatoms. The normalized spacial score (nSPS) is 9.89. The lowest BCUT2D eigenvalue weighted by Gasteiger charge is -2.24. The summed E-state index contributed by atoms with van der Waals surface area (Å²) in [5, 5.41) is 12.0. The van der Waals surface area contributed by atoms with Crippen molar-refractivity contribution in [3.05, 3.63) is 11.9 Å². The molecule has 0 aliphatic carbocycles. The molecule has 0 saturated carbocycles. The number of nitrogens with one attached hydrogen (secondary N) is 1. The van der Waals surface area contributed by atoms with Gasteiger partial charge in [0.25, 0.3) is 0 Å². The Morgan fingerprint density at radius 2 is 2.11 bits per heavy atom. The van der Waals surface area contributed by atoms with Gasteiger partial charge in [0.2, 0.25) is 0 Å². The lowest BCUT2D eigenvalue weighted by Crippen LogP contribution is -2.26. The summed E-state index contributed by atoms with van der Waals surface area (Å²) < 4.78 is 0. The third-order valence-electron chi connectivity index (χ3n) is 2.80. The molecule has 0 aromatic carbocycles. The molecule has 1 N–H and O–H groups in total. The number of hydrogen-bond donors (Lipinski definition) is 1. The fraction of sp³-hybridized carbons (Fsp3) is 0.615. The molecule has 1 heterocycles. The molecule has 5 nitrogen and oxygen atoms in total. The Kier molecular flexibility index (Phi) is 5.92. The van der Waals surface area contributed by atoms with Crippen molar-refractivity contribution in [2.45, 2.75) is 33.6 Å². The molecule has 0 fully saturated rings. The summed E-state index contributed by atoms with van der Waals surface area (Å²) in [7, 11) is 0. The maximum Gasteiger partial charge on any atom is 0.137 e. The minimum Gasteiger partial charge on any atom is -0.370 e. The van der Waals surface area contributed by atoms with Crippen LogP contribution in [0.25, 0.3) is 0 Å².